The third kappa shape index (κ3) is 2.42. The molecule has 2 aromatic carbocycles. The van der Waals surface area contributed by atoms with Crippen LogP contribution < -0.4 is 0 Å². The van der Waals surface area contributed by atoms with Gasteiger partial charge >= 0.3 is 0 Å². The van der Waals surface area contributed by atoms with E-state index in [0.717, 1.165) is 11.6 Å². The van der Waals surface area contributed by atoms with Crippen molar-refractivity contribution in [1.82, 2.24) is 0 Å². The first-order valence-corrected chi connectivity index (χ1v) is 7.15. The highest BCUT2D eigenvalue weighted by molar-refractivity contribution is 7.91. The molecule has 2 aromatic rings. The number of rotatable bonds is 2. The molecule has 0 amide bonds. The molecule has 0 unspecified atom stereocenters. The van der Waals surface area contributed by atoms with Gasteiger partial charge in [-0.2, -0.15) is 0 Å². The number of aryl methyl sites for hydroxylation is 2. The van der Waals surface area contributed by atoms with Crippen LogP contribution in [-0.2, 0) is 9.84 Å². The van der Waals surface area contributed by atoms with Gasteiger partial charge in [0.1, 0.15) is 16.4 Å². The van der Waals surface area contributed by atoms with Crippen LogP contribution in [0.25, 0.3) is 0 Å². The van der Waals surface area contributed by atoms with Crippen molar-refractivity contribution in [3.63, 3.8) is 0 Å². The number of benzene rings is 2. The Morgan fingerprint density at radius 3 is 2.11 bits per heavy atom. The summed E-state index contributed by atoms with van der Waals surface area (Å²) in [6.45, 7) is 3.58. The fraction of sp³-hybridized carbons (Fsp3) is 0.143. The fourth-order valence-corrected chi connectivity index (χ4v) is 3.50. The number of hydrogen-bond acceptors (Lipinski definition) is 4. The summed E-state index contributed by atoms with van der Waals surface area (Å²) in [5, 5.41) is 18.9. The minimum absolute atomic E-state index is 0.152. The van der Waals surface area contributed by atoms with Crippen molar-refractivity contribution < 1.29 is 18.6 Å². The highest BCUT2D eigenvalue weighted by Gasteiger charge is 2.23. The Hall–Kier alpha value is -2.01. The summed E-state index contributed by atoms with van der Waals surface area (Å²) in [5.74, 6) is -0.642. The minimum atomic E-state index is -3.79. The van der Waals surface area contributed by atoms with E-state index in [2.05, 4.69) is 0 Å². The van der Waals surface area contributed by atoms with Crippen LogP contribution in [-0.4, -0.2) is 18.6 Å². The summed E-state index contributed by atoms with van der Waals surface area (Å²) in [7, 11) is -3.79. The minimum Gasteiger partial charge on any atom is -0.508 e. The van der Waals surface area contributed by atoms with Crippen molar-refractivity contribution in [1.29, 1.82) is 0 Å². The van der Waals surface area contributed by atoms with Crippen molar-refractivity contribution >= 4 is 9.84 Å². The van der Waals surface area contributed by atoms with E-state index in [0.29, 0.717) is 5.56 Å². The van der Waals surface area contributed by atoms with Crippen LogP contribution in [0.3, 0.4) is 0 Å². The standard InChI is InChI=1S/C14H14O4S/c1-9-3-5-13(10(2)7-9)19(17,18)14-6-4-11(15)8-12(14)16/h3-8,15-16H,1-2H3. The highest BCUT2D eigenvalue weighted by atomic mass is 32.2. The Morgan fingerprint density at radius 2 is 1.53 bits per heavy atom. The average molecular weight is 278 g/mol. The quantitative estimate of drug-likeness (QED) is 0.885. The van der Waals surface area contributed by atoms with Gasteiger partial charge in [0.25, 0.3) is 0 Å². The van der Waals surface area contributed by atoms with Crippen LogP contribution in [0.15, 0.2) is 46.2 Å². The molecule has 0 aromatic heterocycles. The summed E-state index contributed by atoms with van der Waals surface area (Å²) in [5.41, 5.74) is 1.58. The maximum atomic E-state index is 12.5. The molecule has 0 aliphatic carbocycles. The van der Waals surface area contributed by atoms with Crippen LogP contribution in [0.2, 0.25) is 0 Å². The molecule has 0 heterocycles. The van der Waals surface area contributed by atoms with Gasteiger partial charge in [0.05, 0.1) is 4.90 Å². The molecule has 0 aliphatic heterocycles. The van der Waals surface area contributed by atoms with Gasteiger partial charge < -0.3 is 10.2 Å². The van der Waals surface area contributed by atoms with E-state index in [1.54, 1.807) is 19.1 Å². The normalized spacial score (nSPS) is 11.5. The van der Waals surface area contributed by atoms with Gasteiger partial charge in [-0.25, -0.2) is 8.42 Å². The zero-order valence-corrected chi connectivity index (χ0v) is 11.4. The molecule has 100 valence electrons. The average Bonchev–Trinajstić information content (AvgIpc) is 2.27. The lowest BCUT2D eigenvalue weighted by molar-refractivity contribution is 0.439. The first-order chi connectivity index (χ1) is 8.82. The largest absolute Gasteiger partial charge is 0.508 e. The Bertz CT molecular complexity index is 676. The third-order valence-electron chi connectivity index (χ3n) is 2.85. The lowest BCUT2D eigenvalue weighted by Crippen LogP contribution is -2.04. The predicted octanol–water partition coefficient (Wildman–Crippen LogP) is 2.55. The molecular formula is C14H14O4S. The molecule has 2 N–H and O–H groups in total. The molecule has 4 nitrogen and oxygen atoms in total. The van der Waals surface area contributed by atoms with Crippen molar-refractivity contribution in [3.05, 3.63) is 47.5 Å². The molecule has 0 radical (unpaired) electrons. The highest BCUT2D eigenvalue weighted by Crippen LogP contribution is 2.32. The van der Waals surface area contributed by atoms with Gasteiger partial charge in [0.15, 0.2) is 0 Å². The molecule has 19 heavy (non-hydrogen) atoms. The summed E-state index contributed by atoms with van der Waals surface area (Å²) in [6.07, 6.45) is 0. The van der Waals surface area contributed by atoms with E-state index >= 15 is 0 Å². The van der Waals surface area contributed by atoms with Gasteiger partial charge in [0, 0.05) is 6.07 Å². The maximum absolute atomic E-state index is 12.5. The van der Waals surface area contributed by atoms with Crippen molar-refractivity contribution in [2.45, 2.75) is 23.6 Å². The van der Waals surface area contributed by atoms with E-state index in [9.17, 15) is 18.6 Å². The lowest BCUT2D eigenvalue weighted by atomic mass is 10.2. The Morgan fingerprint density at radius 1 is 0.895 bits per heavy atom. The van der Waals surface area contributed by atoms with Gasteiger partial charge in [-0.05, 0) is 37.6 Å². The van der Waals surface area contributed by atoms with Crippen LogP contribution in [0.5, 0.6) is 11.5 Å². The van der Waals surface area contributed by atoms with Crippen LogP contribution in [0.4, 0.5) is 0 Å². The van der Waals surface area contributed by atoms with Crippen LogP contribution in [0.1, 0.15) is 11.1 Å². The summed E-state index contributed by atoms with van der Waals surface area (Å²) in [4.78, 5) is -0.0589. The van der Waals surface area contributed by atoms with E-state index in [4.69, 9.17) is 0 Å². The van der Waals surface area contributed by atoms with Gasteiger partial charge in [-0.3, -0.25) is 0 Å². The second-order valence-corrected chi connectivity index (χ2v) is 6.31. The zero-order chi connectivity index (χ0) is 14.2. The molecule has 0 spiro atoms. The summed E-state index contributed by atoms with van der Waals surface area (Å²) < 4.78 is 24.9. The van der Waals surface area contributed by atoms with Crippen LogP contribution in [0, 0.1) is 13.8 Å². The first-order valence-electron chi connectivity index (χ1n) is 5.66. The van der Waals surface area contributed by atoms with Crippen molar-refractivity contribution in [3.8, 4) is 11.5 Å². The molecule has 0 saturated carbocycles. The first kappa shape index (κ1) is 13.4. The second kappa shape index (κ2) is 4.59. The van der Waals surface area contributed by atoms with E-state index < -0.39 is 15.6 Å². The molecule has 0 atom stereocenters. The molecule has 5 heteroatoms. The number of phenolic OH excluding ortho intramolecular Hbond substituents is 2. The lowest BCUT2D eigenvalue weighted by Gasteiger charge is -2.10. The topological polar surface area (TPSA) is 74.6 Å². The predicted molar refractivity (Wildman–Crippen MR) is 71.1 cm³/mol. The van der Waals surface area contributed by atoms with Crippen molar-refractivity contribution in [2.24, 2.45) is 0 Å². The molecule has 0 aliphatic rings. The fourth-order valence-electron chi connectivity index (χ4n) is 1.95. The Kier molecular flexibility index (Phi) is 3.24. The van der Waals surface area contributed by atoms with E-state index in [1.807, 2.05) is 6.92 Å². The van der Waals surface area contributed by atoms with E-state index in [1.165, 1.54) is 18.2 Å². The number of phenols is 2. The number of sulfone groups is 1. The Labute approximate surface area is 111 Å². The second-order valence-electron chi connectivity index (χ2n) is 4.42. The SMILES string of the molecule is Cc1ccc(S(=O)(=O)c2ccc(O)cc2O)c(C)c1. The smallest absolute Gasteiger partial charge is 0.210 e. The molecule has 0 saturated heterocycles. The molecular weight excluding hydrogens is 264 g/mol. The van der Waals surface area contributed by atoms with Crippen LogP contribution >= 0.6 is 0 Å². The number of hydrogen-bond donors (Lipinski definition) is 2. The van der Waals surface area contributed by atoms with Gasteiger partial charge in [-0.1, -0.05) is 17.7 Å². The molecule has 0 bridgehead atoms. The Balaban J connectivity index is 2.65. The molecule has 0 fully saturated rings. The zero-order valence-electron chi connectivity index (χ0n) is 10.6. The van der Waals surface area contributed by atoms with Gasteiger partial charge in [0.2, 0.25) is 9.84 Å². The maximum Gasteiger partial charge on any atom is 0.210 e. The summed E-state index contributed by atoms with van der Waals surface area (Å²) >= 11 is 0. The number of aromatic hydroxyl groups is 2. The molecule has 2 rings (SSSR count). The monoisotopic (exact) mass is 278 g/mol. The van der Waals surface area contributed by atoms with Crippen molar-refractivity contribution in [2.75, 3.05) is 0 Å². The van der Waals surface area contributed by atoms with E-state index in [-0.39, 0.29) is 15.5 Å². The summed E-state index contributed by atoms with van der Waals surface area (Å²) in [6, 6.07) is 8.43. The third-order valence-corrected chi connectivity index (χ3v) is 4.81. The van der Waals surface area contributed by atoms with Gasteiger partial charge in [-0.15, -0.1) is 0 Å².